The van der Waals surface area contributed by atoms with E-state index in [4.69, 9.17) is 37.4 Å². The van der Waals surface area contributed by atoms with Crippen LogP contribution in [0.2, 0.25) is 0 Å². The van der Waals surface area contributed by atoms with Crippen LogP contribution in [0, 0.1) is 16.5 Å². The molecular weight excluding hydrogens is 555 g/mol. The molecule has 15 nitrogen and oxygen atoms in total. The number of aliphatic hydroxyl groups is 1. The van der Waals surface area contributed by atoms with Crippen molar-refractivity contribution in [3.8, 4) is 0 Å². The first kappa shape index (κ1) is 28.4. The first-order valence-corrected chi connectivity index (χ1v) is 12.9. The Morgan fingerprint density at radius 1 is 1.18 bits per heavy atom. The van der Waals surface area contributed by atoms with Crippen molar-refractivity contribution in [3.63, 3.8) is 0 Å². The molecular formula is C10H14F4N3O12P3S. The zero-order chi connectivity index (χ0) is 25.6. The van der Waals surface area contributed by atoms with E-state index in [1.165, 1.54) is 0 Å². The van der Waals surface area contributed by atoms with E-state index in [1.54, 1.807) is 0 Å². The molecule has 23 heteroatoms. The van der Waals surface area contributed by atoms with Crippen molar-refractivity contribution in [1.82, 2.24) is 9.55 Å². The number of hydrogen-bond donors (Lipinski definition) is 6. The van der Waals surface area contributed by atoms with Crippen LogP contribution in [0.15, 0.2) is 6.20 Å². The molecule has 1 fully saturated rings. The number of phosphoric acid groups is 3. The number of hydrogen-bond acceptors (Lipinski definition) is 11. The van der Waals surface area contributed by atoms with Crippen LogP contribution in [0.5, 0.6) is 0 Å². The van der Waals surface area contributed by atoms with Gasteiger partial charge in [0.1, 0.15) is 12.0 Å². The third-order valence-electron chi connectivity index (χ3n) is 3.77. The highest BCUT2D eigenvalue weighted by molar-refractivity contribution is 7.71. The fraction of sp³-hybridized carbons (Fsp3) is 0.600. The summed E-state index contributed by atoms with van der Waals surface area (Å²) in [7, 11) is -17.3. The Kier molecular flexibility index (Phi) is 8.31. The minimum Gasteiger partial charge on any atom is -0.389 e. The zero-order valence-electron chi connectivity index (χ0n) is 15.4. The molecule has 0 aliphatic carbocycles. The van der Waals surface area contributed by atoms with Crippen LogP contribution in [0.25, 0.3) is 0 Å². The Bertz CT molecular complexity index is 1100. The topological polar surface area (TPSA) is 233 Å². The Balaban J connectivity index is 2.24. The maximum atomic E-state index is 13.7. The van der Waals surface area contributed by atoms with E-state index in [2.05, 4.69) is 18.1 Å². The molecule has 1 aromatic rings. The van der Waals surface area contributed by atoms with Crippen molar-refractivity contribution in [2.45, 2.75) is 24.6 Å². The number of halogens is 4. The quantitative estimate of drug-likeness (QED) is 0.146. The van der Waals surface area contributed by atoms with Crippen LogP contribution in [0.4, 0.5) is 23.4 Å². The van der Waals surface area contributed by atoms with Gasteiger partial charge in [-0.2, -0.15) is 26.8 Å². The predicted molar refractivity (Wildman–Crippen MR) is 96.7 cm³/mol. The highest BCUT2D eigenvalue weighted by Crippen LogP contribution is 2.66. The summed E-state index contributed by atoms with van der Waals surface area (Å²) >= 11 is 4.72. The lowest BCUT2D eigenvalue weighted by Gasteiger charge is -2.24. The molecule has 33 heavy (non-hydrogen) atoms. The largest absolute Gasteiger partial charge is 0.490 e. The normalized spacial score (nSPS) is 27.8. The molecule has 0 saturated carbocycles. The maximum Gasteiger partial charge on any atom is 0.490 e. The van der Waals surface area contributed by atoms with Crippen molar-refractivity contribution in [1.29, 1.82) is 0 Å². The van der Waals surface area contributed by atoms with E-state index < -0.39 is 77.0 Å². The van der Waals surface area contributed by atoms with E-state index in [-0.39, 0.29) is 0 Å². The monoisotopic (exact) mass is 569 g/mol. The minimum atomic E-state index is -5.89. The van der Waals surface area contributed by atoms with Gasteiger partial charge in [0.2, 0.25) is 4.77 Å². The van der Waals surface area contributed by atoms with Gasteiger partial charge in [-0.05, 0) is 12.2 Å². The van der Waals surface area contributed by atoms with Gasteiger partial charge in [0, 0.05) is 6.20 Å². The van der Waals surface area contributed by atoms with Crippen molar-refractivity contribution < 1.29 is 73.8 Å². The van der Waals surface area contributed by atoms with Gasteiger partial charge in [-0.25, -0.2) is 18.1 Å². The summed E-state index contributed by atoms with van der Waals surface area (Å²) in [4.78, 5) is 38.7. The SMILES string of the molecule is Nc1nc(=S)n(C2OC(COP(=O)(O)OP(=O)(O)OP(=O)(O)O)C(O)C2C(F)(F)F)cc1F. The summed E-state index contributed by atoms with van der Waals surface area (Å²) in [5, 5.41) is 10.1. The number of nitrogens with two attached hydrogens (primary N) is 1. The second-order valence-electron chi connectivity index (χ2n) is 6.17. The van der Waals surface area contributed by atoms with Crippen LogP contribution in [-0.4, -0.2) is 59.2 Å². The molecule has 7 N–H and O–H groups in total. The smallest absolute Gasteiger partial charge is 0.389 e. The van der Waals surface area contributed by atoms with Gasteiger partial charge in [0.25, 0.3) is 0 Å². The lowest BCUT2D eigenvalue weighted by molar-refractivity contribution is -0.211. The summed E-state index contributed by atoms with van der Waals surface area (Å²) < 4.78 is 104. The van der Waals surface area contributed by atoms with Gasteiger partial charge < -0.3 is 35.2 Å². The number of rotatable bonds is 8. The van der Waals surface area contributed by atoms with Crippen molar-refractivity contribution >= 4 is 41.5 Å². The molecule has 0 amide bonds. The van der Waals surface area contributed by atoms with E-state index >= 15 is 0 Å². The molecule has 1 aliphatic heterocycles. The van der Waals surface area contributed by atoms with E-state index in [1.807, 2.05) is 0 Å². The molecule has 2 heterocycles. The molecule has 0 bridgehead atoms. The Morgan fingerprint density at radius 3 is 2.27 bits per heavy atom. The zero-order valence-corrected chi connectivity index (χ0v) is 18.9. The molecule has 0 spiro atoms. The summed E-state index contributed by atoms with van der Waals surface area (Å²) in [5.41, 5.74) is 5.17. The van der Waals surface area contributed by atoms with Gasteiger partial charge in [0.15, 0.2) is 17.9 Å². The van der Waals surface area contributed by atoms with Gasteiger partial charge in [-0.15, -0.1) is 0 Å². The number of alkyl halides is 3. The second-order valence-corrected chi connectivity index (χ2v) is 11.0. The van der Waals surface area contributed by atoms with Crippen LogP contribution >= 0.6 is 35.7 Å². The number of aromatic nitrogens is 2. The standard InChI is InChI=1S/C10H14F4N3O12P3S/c11-3-1-17(9(33)16-7(3)15)8-5(10(12,13)14)6(18)4(27-8)2-26-31(22,23)29-32(24,25)28-30(19,20)21/h1,4-6,8,18H,2H2,(H,22,23)(H,24,25)(H2,15,16,33)(H2,19,20,21). The molecule has 190 valence electrons. The van der Waals surface area contributed by atoms with Crippen LogP contribution in [0.1, 0.15) is 6.23 Å². The van der Waals surface area contributed by atoms with Crippen molar-refractivity contribution in [2.75, 3.05) is 12.3 Å². The average molecular weight is 569 g/mol. The number of nitrogen functional groups attached to an aromatic ring is 1. The summed E-state index contributed by atoms with van der Waals surface area (Å²) in [6, 6.07) is 0. The molecule has 6 unspecified atom stereocenters. The van der Waals surface area contributed by atoms with Crippen molar-refractivity contribution in [2.24, 2.45) is 5.92 Å². The lowest BCUT2D eigenvalue weighted by atomic mass is 9.99. The van der Waals surface area contributed by atoms with Gasteiger partial charge in [-0.1, -0.05) is 0 Å². The Morgan fingerprint density at radius 2 is 1.76 bits per heavy atom. The van der Waals surface area contributed by atoms with Crippen LogP contribution in [-0.2, 0) is 31.6 Å². The summed E-state index contributed by atoms with van der Waals surface area (Å²) in [5.74, 6) is -4.80. The third kappa shape index (κ3) is 7.57. The maximum absolute atomic E-state index is 13.7. The highest BCUT2D eigenvalue weighted by atomic mass is 32.1. The number of aliphatic hydroxyl groups excluding tert-OH is 1. The fourth-order valence-corrected chi connectivity index (χ4v) is 5.87. The second kappa shape index (κ2) is 9.66. The van der Waals surface area contributed by atoms with E-state index in [9.17, 15) is 41.3 Å². The molecule has 2 rings (SSSR count). The molecule has 0 aromatic carbocycles. The molecule has 1 aliphatic rings. The minimum absolute atomic E-state index is 0.382. The first-order chi connectivity index (χ1) is 14.7. The number of ether oxygens (including phenoxy) is 1. The predicted octanol–water partition coefficient (Wildman–Crippen LogP) is 1.11. The lowest BCUT2D eigenvalue weighted by Crippen LogP contribution is -2.39. The molecule has 1 aromatic heterocycles. The number of phosphoric ester groups is 1. The van der Waals surface area contributed by atoms with Gasteiger partial charge in [-0.3, -0.25) is 9.09 Å². The summed E-state index contributed by atoms with van der Waals surface area (Å²) in [6.45, 7) is -1.40. The Hall–Kier alpha value is -0.850. The van der Waals surface area contributed by atoms with Crippen molar-refractivity contribution in [3.05, 3.63) is 16.8 Å². The molecule has 0 radical (unpaired) electrons. The van der Waals surface area contributed by atoms with Crippen LogP contribution in [0.3, 0.4) is 0 Å². The number of anilines is 1. The molecule has 1 saturated heterocycles. The third-order valence-corrected chi connectivity index (χ3v) is 7.88. The first-order valence-electron chi connectivity index (χ1n) is 7.95. The summed E-state index contributed by atoms with van der Waals surface area (Å²) in [6.07, 6.45) is -11.6. The average Bonchev–Trinajstić information content (AvgIpc) is 2.89. The van der Waals surface area contributed by atoms with Crippen LogP contribution < -0.4 is 5.73 Å². The Labute approximate surface area is 185 Å². The van der Waals surface area contributed by atoms with Gasteiger partial charge in [0.05, 0.1) is 12.7 Å². The molecule has 6 atom stereocenters. The van der Waals surface area contributed by atoms with Gasteiger partial charge >= 0.3 is 29.6 Å². The van der Waals surface area contributed by atoms with E-state index in [0.29, 0.717) is 10.8 Å². The fourth-order valence-electron chi connectivity index (χ4n) is 2.59. The van der Waals surface area contributed by atoms with E-state index in [0.717, 1.165) is 0 Å². The highest BCUT2D eigenvalue weighted by Gasteiger charge is 2.58. The number of nitrogens with zero attached hydrogens (tertiary/aromatic N) is 2.